The first-order chi connectivity index (χ1) is 4.83. The van der Waals surface area contributed by atoms with E-state index in [2.05, 4.69) is 41.9 Å². The van der Waals surface area contributed by atoms with Gasteiger partial charge in [0.05, 0.1) is 6.67 Å². The Morgan fingerprint density at radius 1 is 1.50 bits per heavy atom. The van der Waals surface area contributed by atoms with Crippen LogP contribution in [0.2, 0.25) is 0 Å². The lowest BCUT2D eigenvalue weighted by Gasteiger charge is -2.16. The molecule has 1 aliphatic heterocycles. The molecular weight excluding hydrogens is 144 g/mol. The average Bonchev–Trinajstić information content (AvgIpc) is 2.31. The zero-order valence-electron chi connectivity index (χ0n) is 6.32. The van der Waals surface area contributed by atoms with Gasteiger partial charge in [-0.3, -0.25) is 0 Å². The number of rotatable bonds is 3. The van der Waals surface area contributed by atoms with Crippen molar-refractivity contribution in [3.63, 3.8) is 0 Å². The summed E-state index contributed by atoms with van der Waals surface area (Å²) in [4.78, 5) is 4.45. The summed E-state index contributed by atoms with van der Waals surface area (Å²) in [6.45, 7) is 2.16. The number of hydrogen-bond acceptors (Lipinski definition) is 3. The zero-order valence-corrected chi connectivity index (χ0v) is 7.22. The smallest absolute Gasteiger partial charge is 0.0890 e. The maximum Gasteiger partial charge on any atom is 0.0890 e. The first-order valence-corrected chi connectivity index (χ1v) is 4.19. The van der Waals surface area contributed by atoms with E-state index in [0.717, 1.165) is 19.0 Å². The second-order valence-electron chi connectivity index (χ2n) is 2.59. The van der Waals surface area contributed by atoms with Gasteiger partial charge in [-0.25, -0.2) is 0 Å². The second kappa shape index (κ2) is 3.76. The van der Waals surface area contributed by atoms with E-state index < -0.39 is 0 Å². The third-order valence-corrected chi connectivity index (χ3v) is 1.86. The van der Waals surface area contributed by atoms with E-state index in [9.17, 15) is 0 Å². The number of hydrogen-bond donors (Lipinski definition) is 1. The minimum absolute atomic E-state index is 0.980. The first kappa shape index (κ1) is 7.79. The summed E-state index contributed by atoms with van der Waals surface area (Å²) in [5.41, 5.74) is 0. The van der Waals surface area contributed by atoms with Crippen LogP contribution in [0.25, 0.3) is 0 Å². The van der Waals surface area contributed by atoms with Crippen molar-refractivity contribution in [2.45, 2.75) is 6.42 Å². The third kappa shape index (κ3) is 2.14. The van der Waals surface area contributed by atoms with Gasteiger partial charge in [0, 0.05) is 26.0 Å². The molecule has 10 heavy (non-hydrogen) atoms. The highest BCUT2D eigenvalue weighted by atomic mass is 32.1. The molecule has 1 rings (SSSR count). The van der Waals surface area contributed by atoms with Crippen LogP contribution in [-0.4, -0.2) is 35.8 Å². The molecule has 0 aliphatic carbocycles. The van der Waals surface area contributed by atoms with Crippen molar-refractivity contribution in [1.82, 2.24) is 9.80 Å². The van der Waals surface area contributed by atoms with Crippen molar-refractivity contribution in [3.05, 3.63) is 12.4 Å². The summed E-state index contributed by atoms with van der Waals surface area (Å²) in [5, 5.41) is 0. The lowest BCUT2D eigenvalue weighted by atomic mass is 10.4. The highest BCUT2D eigenvalue weighted by Crippen LogP contribution is 2.03. The highest BCUT2D eigenvalue weighted by Gasteiger charge is 2.05. The molecule has 3 heteroatoms. The molecule has 0 radical (unpaired) electrons. The van der Waals surface area contributed by atoms with Gasteiger partial charge in [-0.2, -0.15) is 12.6 Å². The fourth-order valence-electron chi connectivity index (χ4n) is 1.01. The van der Waals surface area contributed by atoms with Gasteiger partial charge in [0.2, 0.25) is 0 Å². The Hall–Kier alpha value is -0.310. The Kier molecular flexibility index (Phi) is 2.93. The Balaban J connectivity index is 2.14. The molecule has 0 fully saturated rings. The number of nitrogens with zero attached hydrogens (tertiary/aromatic N) is 2. The molecule has 0 aromatic rings. The molecule has 0 amide bonds. The normalized spacial score (nSPS) is 17.0. The fraction of sp³-hybridized carbons (Fsp3) is 0.714. The summed E-state index contributed by atoms with van der Waals surface area (Å²) >= 11 is 4.15. The molecule has 0 saturated carbocycles. The van der Waals surface area contributed by atoms with Crippen LogP contribution < -0.4 is 0 Å². The molecule has 0 spiro atoms. The van der Waals surface area contributed by atoms with Crippen LogP contribution in [0.1, 0.15) is 6.42 Å². The molecule has 1 heterocycles. The van der Waals surface area contributed by atoms with Crippen LogP contribution in [0, 0.1) is 0 Å². The van der Waals surface area contributed by atoms with E-state index in [0.29, 0.717) is 0 Å². The van der Waals surface area contributed by atoms with Gasteiger partial charge >= 0.3 is 0 Å². The van der Waals surface area contributed by atoms with Gasteiger partial charge in [0.25, 0.3) is 0 Å². The summed E-state index contributed by atoms with van der Waals surface area (Å²) in [7, 11) is 2.08. The van der Waals surface area contributed by atoms with Gasteiger partial charge in [-0.1, -0.05) is 0 Å². The topological polar surface area (TPSA) is 6.48 Å². The van der Waals surface area contributed by atoms with E-state index in [4.69, 9.17) is 0 Å². The first-order valence-electron chi connectivity index (χ1n) is 3.56. The lowest BCUT2D eigenvalue weighted by Crippen LogP contribution is -2.23. The van der Waals surface area contributed by atoms with Crippen LogP contribution in [0.3, 0.4) is 0 Å². The molecule has 0 aromatic heterocycles. The molecule has 0 atom stereocenters. The van der Waals surface area contributed by atoms with Crippen LogP contribution >= 0.6 is 12.6 Å². The average molecular weight is 158 g/mol. The van der Waals surface area contributed by atoms with Crippen molar-refractivity contribution in [2.75, 3.05) is 26.0 Å². The van der Waals surface area contributed by atoms with Crippen molar-refractivity contribution >= 4 is 12.6 Å². The maximum atomic E-state index is 4.15. The fourth-order valence-corrected chi connectivity index (χ4v) is 1.15. The van der Waals surface area contributed by atoms with Crippen LogP contribution in [-0.2, 0) is 0 Å². The summed E-state index contributed by atoms with van der Waals surface area (Å²) < 4.78 is 0. The predicted octanol–water partition coefficient (Wildman–Crippen LogP) is 0.982. The van der Waals surface area contributed by atoms with Crippen molar-refractivity contribution < 1.29 is 0 Å². The van der Waals surface area contributed by atoms with Gasteiger partial charge < -0.3 is 9.80 Å². The summed E-state index contributed by atoms with van der Waals surface area (Å²) in [6, 6.07) is 0. The van der Waals surface area contributed by atoms with Crippen molar-refractivity contribution in [2.24, 2.45) is 0 Å². The summed E-state index contributed by atoms with van der Waals surface area (Å²) in [5.74, 6) is 0.980. The minimum atomic E-state index is 0.980. The van der Waals surface area contributed by atoms with Gasteiger partial charge in [0.1, 0.15) is 0 Å². The van der Waals surface area contributed by atoms with Gasteiger partial charge in [0.15, 0.2) is 0 Å². The van der Waals surface area contributed by atoms with E-state index in [1.807, 2.05) is 0 Å². The van der Waals surface area contributed by atoms with E-state index in [1.54, 1.807) is 0 Å². The van der Waals surface area contributed by atoms with Gasteiger partial charge in [-0.05, 0) is 12.2 Å². The monoisotopic (exact) mass is 158 g/mol. The minimum Gasteiger partial charge on any atom is -0.362 e. The SMILES string of the molecule is CN1C=CN(CCCS)C1. The van der Waals surface area contributed by atoms with Crippen LogP contribution in [0.4, 0.5) is 0 Å². The van der Waals surface area contributed by atoms with E-state index >= 15 is 0 Å². The second-order valence-corrected chi connectivity index (χ2v) is 3.03. The molecule has 0 aromatic carbocycles. The lowest BCUT2D eigenvalue weighted by molar-refractivity contribution is 0.298. The Morgan fingerprint density at radius 3 is 2.80 bits per heavy atom. The highest BCUT2D eigenvalue weighted by molar-refractivity contribution is 7.80. The number of thiol groups is 1. The largest absolute Gasteiger partial charge is 0.362 e. The van der Waals surface area contributed by atoms with Gasteiger partial charge in [-0.15, -0.1) is 0 Å². The third-order valence-electron chi connectivity index (χ3n) is 1.54. The Labute approximate surface area is 67.9 Å². The molecule has 0 N–H and O–H groups in total. The van der Waals surface area contributed by atoms with E-state index in [-0.39, 0.29) is 0 Å². The predicted molar refractivity (Wildman–Crippen MR) is 46.9 cm³/mol. The molecular formula is C7H14N2S. The zero-order chi connectivity index (χ0) is 7.40. The maximum absolute atomic E-state index is 4.15. The van der Waals surface area contributed by atoms with Crippen LogP contribution in [0.5, 0.6) is 0 Å². The molecule has 2 nitrogen and oxygen atoms in total. The quantitative estimate of drug-likeness (QED) is 0.612. The molecule has 0 saturated heterocycles. The van der Waals surface area contributed by atoms with Crippen molar-refractivity contribution in [1.29, 1.82) is 0 Å². The van der Waals surface area contributed by atoms with Crippen molar-refractivity contribution in [3.8, 4) is 0 Å². The Morgan fingerprint density at radius 2 is 2.30 bits per heavy atom. The molecule has 0 bridgehead atoms. The standard InChI is InChI=1S/C7H14N2S/c1-8-4-5-9(7-8)3-2-6-10/h4-5,10H,2-3,6-7H2,1H3. The summed E-state index contributed by atoms with van der Waals surface area (Å²) in [6.07, 6.45) is 5.39. The van der Waals surface area contributed by atoms with Crippen LogP contribution in [0.15, 0.2) is 12.4 Å². The molecule has 1 aliphatic rings. The Bertz CT molecular complexity index is 125. The van der Waals surface area contributed by atoms with E-state index in [1.165, 1.54) is 6.42 Å². The molecule has 58 valence electrons. The molecule has 0 unspecified atom stereocenters.